The molecule has 0 aliphatic rings. The number of nitrogens with one attached hydrogen (secondary N) is 1. The first-order valence-corrected chi connectivity index (χ1v) is 6.47. The van der Waals surface area contributed by atoms with Crippen LogP contribution in [0.25, 0.3) is 0 Å². The third-order valence-corrected chi connectivity index (χ3v) is 2.95. The Morgan fingerprint density at radius 1 is 1.35 bits per heavy atom. The van der Waals surface area contributed by atoms with E-state index >= 15 is 0 Å². The summed E-state index contributed by atoms with van der Waals surface area (Å²) < 4.78 is 0.678. The lowest BCUT2D eigenvalue weighted by Gasteiger charge is -2.20. The molecule has 0 spiro atoms. The molecular weight excluding hydrogens is 353 g/mol. The number of aliphatic carboxylic acids is 1. The Balaban J connectivity index is 2.86. The molecule has 20 heavy (non-hydrogen) atoms. The van der Waals surface area contributed by atoms with Crippen molar-refractivity contribution in [1.29, 1.82) is 0 Å². The number of carbonyl (C=O) groups is 3. The molecule has 1 aromatic carbocycles. The molecule has 0 saturated carbocycles. The summed E-state index contributed by atoms with van der Waals surface area (Å²) in [5.41, 5.74) is 5.25. The number of rotatable bonds is 5. The molecule has 108 valence electrons. The van der Waals surface area contributed by atoms with Gasteiger partial charge in [0.25, 0.3) is 0 Å². The predicted octanol–water partition coefficient (Wildman–Crippen LogP) is 1.51. The van der Waals surface area contributed by atoms with Crippen LogP contribution in [0.3, 0.4) is 0 Å². The molecule has 0 aliphatic carbocycles. The van der Waals surface area contributed by atoms with Crippen molar-refractivity contribution in [2.24, 2.45) is 5.73 Å². The molecule has 0 radical (unpaired) electrons. The van der Waals surface area contributed by atoms with E-state index in [0.717, 1.165) is 4.90 Å². The lowest BCUT2D eigenvalue weighted by molar-refractivity contribution is -0.137. The van der Waals surface area contributed by atoms with Crippen molar-refractivity contribution in [1.82, 2.24) is 4.90 Å². The lowest BCUT2D eigenvalue weighted by atomic mass is 10.3. The topological polar surface area (TPSA) is 113 Å². The van der Waals surface area contributed by atoms with Crippen LogP contribution in [0.4, 0.5) is 10.5 Å². The van der Waals surface area contributed by atoms with E-state index in [9.17, 15) is 14.4 Å². The number of hydrogen-bond donors (Lipinski definition) is 3. The minimum absolute atomic E-state index is 0.274. The molecule has 0 saturated heterocycles. The molecule has 0 aliphatic heterocycles. The van der Waals surface area contributed by atoms with Crippen LogP contribution in [0.15, 0.2) is 22.7 Å². The van der Waals surface area contributed by atoms with Crippen molar-refractivity contribution < 1.29 is 19.5 Å². The molecule has 0 aromatic heterocycles. The summed E-state index contributed by atoms with van der Waals surface area (Å²) in [6.07, 6.45) is 0. The van der Waals surface area contributed by atoms with Crippen LogP contribution in [0.1, 0.15) is 0 Å². The van der Waals surface area contributed by atoms with Gasteiger partial charge < -0.3 is 21.1 Å². The SMILES string of the molecule is NC(=O)CN(CC(=O)O)C(=O)Nc1cc(Br)ccc1Cl. The maximum atomic E-state index is 11.9. The fourth-order valence-corrected chi connectivity index (χ4v) is 1.86. The minimum Gasteiger partial charge on any atom is -0.480 e. The van der Waals surface area contributed by atoms with Crippen molar-refractivity contribution in [3.05, 3.63) is 27.7 Å². The van der Waals surface area contributed by atoms with Gasteiger partial charge in [-0.15, -0.1) is 0 Å². The van der Waals surface area contributed by atoms with Gasteiger partial charge in [-0.2, -0.15) is 0 Å². The van der Waals surface area contributed by atoms with E-state index in [0.29, 0.717) is 4.47 Å². The number of nitrogens with zero attached hydrogens (tertiary/aromatic N) is 1. The van der Waals surface area contributed by atoms with E-state index in [-0.39, 0.29) is 10.7 Å². The van der Waals surface area contributed by atoms with Crippen LogP contribution >= 0.6 is 27.5 Å². The van der Waals surface area contributed by atoms with E-state index in [1.165, 1.54) is 0 Å². The van der Waals surface area contributed by atoms with Crippen LogP contribution in [-0.2, 0) is 9.59 Å². The number of amides is 3. The van der Waals surface area contributed by atoms with Gasteiger partial charge in [-0.3, -0.25) is 9.59 Å². The Hall–Kier alpha value is -1.80. The zero-order chi connectivity index (χ0) is 15.3. The molecule has 3 amide bonds. The van der Waals surface area contributed by atoms with E-state index in [4.69, 9.17) is 22.4 Å². The molecular formula is C11H11BrClN3O4. The Morgan fingerprint density at radius 3 is 2.55 bits per heavy atom. The third kappa shape index (κ3) is 5.06. The first-order valence-electron chi connectivity index (χ1n) is 5.30. The van der Waals surface area contributed by atoms with Crippen LogP contribution in [0, 0.1) is 0 Å². The van der Waals surface area contributed by atoms with Crippen molar-refractivity contribution in [2.45, 2.75) is 0 Å². The first kappa shape index (κ1) is 16.3. The highest BCUT2D eigenvalue weighted by atomic mass is 79.9. The Kier molecular flexibility index (Phi) is 5.78. The highest BCUT2D eigenvalue weighted by molar-refractivity contribution is 9.10. The van der Waals surface area contributed by atoms with E-state index < -0.39 is 31.0 Å². The summed E-state index contributed by atoms with van der Waals surface area (Å²) in [5, 5.41) is 11.4. The molecule has 0 heterocycles. The number of carbonyl (C=O) groups excluding carboxylic acids is 2. The van der Waals surface area contributed by atoms with Gasteiger partial charge in [0, 0.05) is 4.47 Å². The molecule has 9 heteroatoms. The van der Waals surface area contributed by atoms with Gasteiger partial charge in [0.1, 0.15) is 13.1 Å². The van der Waals surface area contributed by atoms with Gasteiger partial charge in [-0.25, -0.2) is 4.79 Å². The maximum absolute atomic E-state index is 11.9. The number of urea groups is 1. The summed E-state index contributed by atoms with van der Waals surface area (Å²) in [4.78, 5) is 34.2. The molecule has 4 N–H and O–H groups in total. The Labute approximate surface area is 127 Å². The van der Waals surface area contributed by atoms with Crippen molar-refractivity contribution in [3.8, 4) is 0 Å². The van der Waals surface area contributed by atoms with Crippen LogP contribution < -0.4 is 11.1 Å². The Bertz CT molecular complexity index is 536. The monoisotopic (exact) mass is 363 g/mol. The van der Waals surface area contributed by atoms with E-state index in [1.54, 1.807) is 18.2 Å². The zero-order valence-corrected chi connectivity index (χ0v) is 12.4. The zero-order valence-electron chi connectivity index (χ0n) is 10.1. The summed E-state index contributed by atoms with van der Waals surface area (Å²) >= 11 is 9.11. The normalized spacial score (nSPS) is 9.90. The second kappa shape index (κ2) is 7.11. The fourth-order valence-electron chi connectivity index (χ4n) is 1.34. The molecule has 1 rings (SSSR count). The van der Waals surface area contributed by atoms with E-state index in [2.05, 4.69) is 21.2 Å². The van der Waals surface area contributed by atoms with Crippen molar-refractivity contribution in [2.75, 3.05) is 18.4 Å². The fraction of sp³-hybridized carbons (Fsp3) is 0.182. The number of carboxylic acid groups (broad SMARTS) is 1. The third-order valence-electron chi connectivity index (χ3n) is 2.13. The molecule has 0 unspecified atom stereocenters. The minimum atomic E-state index is -1.26. The molecule has 7 nitrogen and oxygen atoms in total. The quantitative estimate of drug-likeness (QED) is 0.735. The van der Waals surface area contributed by atoms with E-state index in [1.807, 2.05) is 0 Å². The van der Waals surface area contributed by atoms with Gasteiger partial charge in [0.15, 0.2) is 0 Å². The molecule has 0 atom stereocenters. The van der Waals surface area contributed by atoms with Crippen LogP contribution in [-0.4, -0.2) is 41.0 Å². The maximum Gasteiger partial charge on any atom is 0.323 e. The summed E-state index contributed by atoms with van der Waals surface area (Å²) in [6.45, 7) is -1.16. The second-order valence-electron chi connectivity index (χ2n) is 3.77. The van der Waals surface area contributed by atoms with Gasteiger partial charge in [-0.05, 0) is 18.2 Å². The first-order chi connectivity index (χ1) is 9.29. The number of carboxylic acids is 1. The number of primary amides is 1. The largest absolute Gasteiger partial charge is 0.480 e. The second-order valence-corrected chi connectivity index (χ2v) is 5.09. The molecule has 0 fully saturated rings. The van der Waals surface area contributed by atoms with Crippen molar-refractivity contribution in [3.63, 3.8) is 0 Å². The number of benzene rings is 1. The number of nitrogens with two attached hydrogens (primary N) is 1. The Morgan fingerprint density at radius 2 is 2.00 bits per heavy atom. The smallest absolute Gasteiger partial charge is 0.323 e. The summed E-state index contributed by atoms with van der Waals surface area (Å²) in [7, 11) is 0. The molecule has 1 aromatic rings. The molecule has 0 bridgehead atoms. The van der Waals surface area contributed by atoms with Gasteiger partial charge in [0.05, 0.1) is 10.7 Å². The highest BCUT2D eigenvalue weighted by Gasteiger charge is 2.19. The lowest BCUT2D eigenvalue weighted by Crippen LogP contribution is -2.43. The highest BCUT2D eigenvalue weighted by Crippen LogP contribution is 2.25. The average Bonchev–Trinajstić information content (AvgIpc) is 2.31. The van der Waals surface area contributed by atoms with Gasteiger partial charge in [-0.1, -0.05) is 27.5 Å². The predicted molar refractivity (Wildman–Crippen MR) is 76.6 cm³/mol. The standard InChI is InChI=1S/C11H11BrClN3O4/c12-6-1-2-7(13)8(3-6)15-11(20)16(4-9(14)17)5-10(18)19/h1-3H,4-5H2,(H2,14,17)(H,15,20)(H,18,19). The van der Waals surface area contributed by atoms with Crippen molar-refractivity contribution >= 4 is 51.1 Å². The summed E-state index contributed by atoms with van der Waals surface area (Å²) in [6, 6.07) is 3.99. The number of hydrogen-bond acceptors (Lipinski definition) is 3. The average molecular weight is 365 g/mol. The van der Waals surface area contributed by atoms with Gasteiger partial charge in [0.2, 0.25) is 5.91 Å². The number of anilines is 1. The van der Waals surface area contributed by atoms with Crippen LogP contribution in [0.5, 0.6) is 0 Å². The van der Waals surface area contributed by atoms with Crippen LogP contribution in [0.2, 0.25) is 5.02 Å². The number of halogens is 2. The summed E-state index contributed by atoms with van der Waals surface area (Å²) in [5.74, 6) is -2.08. The van der Waals surface area contributed by atoms with Gasteiger partial charge >= 0.3 is 12.0 Å².